The van der Waals surface area contributed by atoms with Crippen molar-refractivity contribution in [3.05, 3.63) is 59.7 Å². The van der Waals surface area contributed by atoms with E-state index < -0.39 is 17.4 Å². The third-order valence-electron chi connectivity index (χ3n) is 6.82. The van der Waals surface area contributed by atoms with E-state index in [9.17, 15) is 24.0 Å². The summed E-state index contributed by atoms with van der Waals surface area (Å²) in [5, 5.41) is 10.8. The third-order valence-corrected chi connectivity index (χ3v) is 6.82. The molecule has 2 rings (SSSR count). The van der Waals surface area contributed by atoms with E-state index in [2.05, 4.69) is 39.0 Å². The van der Waals surface area contributed by atoms with Crippen molar-refractivity contribution in [3.8, 4) is 48.2 Å². The van der Waals surface area contributed by atoms with Gasteiger partial charge >= 0.3 is 5.97 Å². The first-order chi connectivity index (χ1) is 21.2. The summed E-state index contributed by atoms with van der Waals surface area (Å²) in [6.45, 7) is 0.122. The fourth-order valence-electron chi connectivity index (χ4n) is 4.38. The predicted octanol–water partition coefficient (Wildman–Crippen LogP) is 2.20. The summed E-state index contributed by atoms with van der Waals surface area (Å²) in [6, 6.07) is 13.6. The molecule has 0 unspecified atom stereocenters. The normalized spacial score (nSPS) is 10.2. The van der Waals surface area contributed by atoms with Gasteiger partial charge in [-0.05, 0) is 54.7 Å². The van der Waals surface area contributed by atoms with E-state index in [1.54, 1.807) is 48.5 Å². The number of benzene rings is 2. The Bertz CT molecular complexity index is 1360. The zero-order valence-corrected chi connectivity index (χ0v) is 24.7. The van der Waals surface area contributed by atoms with Crippen LogP contribution >= 0.6 is 0 Å². The van der Waals surface area contributed by atoms with Crippen molar-refractivity contribution in [1.82, 2.24) is 21.3 Å². The molecule has 0 radical (unpaired) electrons. The molecule has 0 saturated heterocycles. The molecule has 228 valence electrons. The largest absolute Gasteiger partial charge is 0.465 e. The first-order valence-corrected chi connectivity index (χ1v) is 13.9. The summed E-state index contributed by atoms with van der Waals surface area (Å²) >= 11 is 0. The molecule has 0 aliphatic heterocycles. The van der Waals surface area contributed by atoms with Crippen LogP contribution in [-0.2, 0) is 19.1 Å². The molecule has 10 nitrogen and oxygen atoms in total. The highest BCUT2D eigenvalue weighted by molar-refractivity contribution is 5.95. The van der Waals surface area contributed by atoms with Gasteiger partial charge in [0.05, 0.1) is 32.3 Å². The molecule has 10 heteroatoms. The minimum Gasteiger partial charge on any atom is -0.465 e. The van der Waals surface area contributed by atoms with Crippen LogP contribution in [0.3, 0.4) is 0 Å². The molecule has 4 N–H and O–H groups in total. The summed E-state index contributed by atoms with van der Waals surface area (Å²) in [5.74, 6) is 5.11. The number of esters is 1. The van der Waals surface area contributed by atoms with Crippen LogP contribution in [-0.4, -0.2) is 61.9 Å². The van der Waals surface area contributed by atoms with E-state index in [0.717, 1.165) is 11.1 Å². The van der Waals surface area contributed by atoms with Crippen LogP contribution < -0.4 is 21.3 Å². The maximum absolute atomic E-state index is 13.6. The van der Waals surface area contributed by atoms with E-state index in [4.69, 9.17) is 24.0 Å². The van der Waals surface area contributed by atoms with Crippen LogP contribution in [0.1, 0.15) is 59.2 Å². The Kier molecular flexibility index (Phi) is 14.3. The first-order valence-electron chi connectivity index (χ1n) is 13.9. The molecule has 2 aromatic rings. The Labute approximate surface area is 258 Å². The highest BCUT2D eigenvalue weighted by Gasteiger charge is 2.34. The Morgan fingerprint density at radius 3 is 1.34 bits per heavy atom. The molecule has 0 fully saturated rings. The van der Waals surface area contributed by atoms with Gasteiger partial charge in [0, 0.05) is 30.4 Å². The van der Waals surface area contributed by atoms with Crippen LogP contribution in [0.15, 0.2) is 48.5 Å². The third kappa shape index (κ3) is 11.4. The molecule has 0 saturated carbocycles. The number of hydrogen-bond donors (Lipinski definition) is 4. The molecule has 0 bridgehead atoms. The molecule has 2 aromatic carbocycles. The number of ether oxygens (including phenoxy) is 1. The summed E-state index contributed by atoms with van der Waals surface area (Å²) in [7, 11) is 1.31. The Hall–Kier alpha value is -5.53. The van der Waals surface area contributed by atoms with Crippen LogP contribution in [0, 0.1) is 37.0 Å². The van der Waals surface area contributed by atoms with Gasteiger partial charge in [-0.1, -0.05) is 42.0 Å². The van der Waals surface area contributed by atoms with Gasteiger partial charge in [0.1, 0.15) is 0 Å². The summed E-state index contributed by atoms with van der Waals surface area (Å²) in [6.07, 6.45) is 16.1. The molecule has 0 spiro atoms. The van der Waals surface area contributed by atoms with Gasteiger partial charge in [-0.3, -0.25) is 19.2 Å². The van der Waals surface area contributed by atoms with Gasteiger partial charge in [0.2, 0.25) is 17.7 Å². The number of terminal acetylenes is 3. The second-order valence-electron chi connectivity index (χ2n) is 9.82. The fraction of sp³-hybridized carbons (Fsp3) is 0.324. The predicted molar refractivity (Wildman–Crippen MR) is 167 cm³/mol. The number of nitrogens with one attached hydrogen (secondary N) is 4. The maximum Gasteiger partial charge on any atom is 0.337 e. The quantitative estimate of drug-likeness (QED) is 0.173. The summed E-state index contributed by atoms with van der Waals surface area (Å²) in [4.78, 5) is 62.7. The number of amides is 4. The van der Waals surface area contributed by atoms with Crippen molar-refractivity contribution < 1.29 is 28.7 Å². The standard InChI is InChI=1S/C34H36N4O6/c1-5-22-35-29(39)16-19-34(20-17-30(40)36-23-6-2,21-18-31(41)37-24-7-3)38-32(42)27-12-8-25(9-13-27)26-10-14-28(15-11-26)33(43)44-4/h1-3,8-15H,16-24H2,4H3,(H,35,39)(H,36,40)(H,37,41)(H,38,42). The lowest BCUT2D eigenvalue weighted by molar-refractivity contribution is -0.121. The number of rotatable bonds is 16. The van der Waals surface area contributed by atoms with Gasteiger partial charge in [0.25, 0.3) is 5.91 Å². The molecule has 44 heavy (non-hydrogen) atoms. The highest BCUT2D eigenvalue weighted by atomic mass is 16.5. The zero-order chi connectivity index (χ0) is 32.4. The Balaban J connectivity index is 2.33. The fourth-order valence-corrected chi connectivity index (χ4v) is 4.38. The van der Waals surface area contributed by atoms with Gasteiger partial charge in [-0.2, -0.15) is 0 Å². The van der Waals surface area contributed by atoms with Crippen LogP contribution in [0.4, 0.5) is 0 Å². The van der Waals surface area contributed by atoms with Crippen molar-refractivity contribution in [3.63, 3.8) is 0 Å². The number of carbonyl (C=O) groups is 5. The van der Waals surface area contributed by atoms with Crippen LogP contribution in [0.5, 0.6) is 0 Å². The lowest BCUT2D eigenvalue weighted by Gasteiger charge is -2.35. The molecule has 0 aromatic heterocycles. The number of hydrogen-bond acceptors (Lipinski definition) is 6. The molecule has 0 aliphatic rings. The minimum atomic E-state index is -1.12. The monoisotopic (exact) mass is 596 g/mol. The molecule has 0 aliphatic carbocycles. The Morgan fingerprint density at radius 1 is 0.636 bits per heavy atom. The van der Waals surface area contributed by atoms with Crippen molar-refractivity contribution in [2.24, 2.45) is 0 Å². The molecule has 0 atom stereocenters. The minimum absolute atomic E-state index is 0.0135. The van der Waals surface area contributed by atoms with Crippen molar-refractivity contribution >= 4 is 29.6 Å². The van der Waals surface area contributed by atoms with Gasteiger partial charge in [-0.15, -0.1) is 19.3 Å². The van der Waals surface area contributed by atoms with Gasteiger partial charge in [-0.25, -0.2) is 4.79 Å². The average Bonchev–Trinajstić information content (AvgIpc) is 3.05. The number of carbonyl (C=O) groups excluding carboxylic acids is 5. The maximum atomic E-state index is 13.6. The van der Waals surface area contributed by atoms with Crippen LogP contribution in [0.25, 0.3) is 11.1 Å². The van der Waals surface area contributed by atoms with Gasteiger partial charge in [0.15, 0.2) is 0 Å². The lowest BCUT2D eigenvalue weighted by Crippen LogP contribution is -2.50. The van der Waals surface area contributed by atoms with E-state index >= 15 is 0 Å². The zero-order valence-electron chi connectivity index (χ0n) is 24.7. The summed E-state index contributed by atoms with van der Waals surface area (Å²) in [5.41, 5.74) is 1.26. The van der Waals surface area contributed by atoms with E-state index in [1.165, 1.54) is 7.11 Å². The average molecular weight is 597 g/mol. The molecular formula is C34H36N4O6. The van der Waals surface area contributed by atoms with E-state index in [0.29, 0.717) is 11.1 Å². The van der Waals surface area contributed by atoms with Crippen molar-refractivity contribution in [2.45, 2.75) is 44.1 Å². The highest BCUT2D eigenvalue weighted by Crippen LogP contribution is 2.27. The van der Waals surface area contributed by atoms with Crippen LogP contribution in [0.2, 0.25) is 0 Å². The smallest absolute Gasteiger partial charge is 0.337 e. The molecule has 4 amide bonds. The Morgan fingerprint density at radius 2 is 1.00 bits per heavy atom. The van der Waals surface area contributed by atoms with Gasteiger partial charge < -0.3 is 26.0 Å². The second kappa shape index (κ2) is 18.1. The second-order valence-corrected chi connectivity index (χ2v) is 9.82. The van der Waals surface area contributed by atoms with Crippen molar-refractivity contribution in [1.29, 1.82) is 0 Å². The lowest BCUT2D eigenvalue weighted by atomic mass is 9.82. The first kappa shape index (κ1) is 34.7. The SMILES string of the molecule is C#CCNC(=O)CCC(CCC(=O)NCC#C)(CCC(=O)NCC#C)NC(=O)c1ccc(-c2ccc(C(=O)OC)cc2)cc1. The van der Waals surface area contributed by atoms with Crippen molar-refractivity contribution in [2.75, 3.05) is 26.7 Å². The topological polar surface area (TPSA) is 143 Å². The molecular weight excluding hydrogens is 560 g/mol. The van der Waals surface area contributed by atoms with E-state index in [1.807, 2.05) is 0 Å². The van der Waals surface area contributed by atoms with E-state index in [-0.39, 0.29) is 75.9 Å². The molecule has 0 heterocycles. The number of methoxy groups -OCH3 is 1. The summed E-state index contributed by atoms with van der Waals surface area (Å²) < 4.78 is 4.73.